The first kappa shape index (κ1) is 29.0. The summed E-state index contributed by atoms with van der Waals surface area (Å²) in [5, 5.41) is 9.33. The third kappa shape index (κ3) is 7.97. The van der Waals surface area contributed by atoms with Crippen LogP contribution >= 0.6 is 0 Å². The van der Waals surface area contributed by atoms with Gasteiger partial charge in [-0.2, -0.15) is 0 Å². The molecule has 2 heterocycles. The molecule has 4 N–H and O–H groups in total. The van der Waals surface area contributed by atoms with E-state index >= 15 is 0 Å². The number of alkyl carbamates (subject to hydrolysis) is 1. The number of hydrogen-bond donors (Lipinski definition) is 4. The number of aromatic amines is 1. The lowest BCUT2D eigenvalue weighted by atomic mass is 9.94. The van der Waals surface area contributed by atoms with Crippen LogP contribution in [0.2, 0.25) is 0 Å². The minimum absolute atomic E-state index is 0.182. The Labute approximate surface area is 224 Å². The molecule has 208 valence electrons. The van der Waals surface area contributed by atoms with Gasteiger partial charge in [0.2, 0.25) is 17.7 Å². The molecule has 0 bridgehead atoms. The highest BCUT2D eigenvalue weighted by atomic mass is 16.6. The van der Waals surface area contributed by atoms with Gasteiger partial charge in [-0.1, -0.05) is 25.1 Å². The van der Waals surface area contributed by atoms with Crippen LogP contribution in [-0.4, -0.2) is 71.0 Å². The summed E-state index contributed by atoms with van der Waals surface area (Å²) in [5.41, 5.74) is 1.17. The highest BCUT2D eigenvalue weighted by molar-refractivity contribution is 5.90. The minimum atomic E-state index is -0.822. The number of benzene rings is 1. The van der Waals surface area contributed by atoms with Crippen LogP contribution in [0.3, 0.4) is 0 Å². The van der Waals surface area contributed by atoms with E-state index in [0.29, 0.717) is 38.9 Å². The van der Waals surface area contributed by atoms with Gasteiger partial charge in [0.25, 0.3) is 0 Å². The molecule has 0 spiro atoms. The molecule has 0 saturated carbocycles. The molecular weight excluding hydrogens is 486 g/mol. The van der Waals surface area contributed by atoms with Gasteiger partial charge in [-0.25, -0.2) is 4.79 Å². The summed E-state index contributed by atoms with van der Waals surface area (Å²) >= 11 is 0. The number of likely N-dealkylation sites (tertiary alicyclic amines) is 1. The van der Waals surface area contributed by atoms with Crippen molar-refractivity contribution in [3.8, 4) is 0 Å². The van der Waals surface area contributed by atoms with Gasteiger partial charge in [0.15, 0.2) is 0 Å². The fraction of sp³-hybridized carbons (Fsp3) is 0.571. The molecule has 1 aliphatic heterocycles. The monoisotopic (exact) mass is 527 g/mol. The summed E-state index contributed by atoms with van der Waals surface area (Å²) in [6.45, 7) is 10.3. The highest BCUT2D eigenvalue weighted by Crippen LogP contribution is 2.22. The van der Waals surface area contributed by atoms with Gasteiger partial charge in [0.1, 0.15) is 17.7 Å². The average molecular weight is 528 g/mol. The van der Waals surface area contributed by atoms with Crippen LogP contribution < -0.4 is 16.0 Å². The lowest BCUT2D eigenvalue weighted by Crippen LogP contribution is -2.54. The maximum atomic E-state index is 13.6. The molecule has 1 aromatic heterocycles. The second-order valence-corrected chi connectivity index (χ2v) is 10.9. The van der Waals surface area contributed by atoms with Crippen molar-refractivity contribution in [3.05, 3.63) is 36.0 Å². The van der Waals surface area contributed by atoms with Crippen LogP contribution in [0.1, 0.15) is 59.4 Å². The van der Waals surface area contributed by atoms with Crippen LogP contribution in [0, 0.1) is 5.92 Å². The standard InChI is InChI=1S/C28H41N5O5/c1-6-13-29-24(34)18(2)31-25(35)19-11-14-33(15-12-19)26(36)23(32-27(37)38-28(3,4)5)16-20-17-30-22-10-8-7-9-21(20)22/h7-10,17-19,23,30H,6,11-16H2,1-5H3,(H,29,34)(H,31,35)(H,32,37). The van der Waals surface area contributed by atoms with Crippen LogP contribution in [0.25, 0.3) is 10.9 Å². The van der Waals surface area contributed by atoms with Crippen molar-refractivity contribution >= 4 is 34.7 Å². The number of para-hydroxylation sites is 1. The third-order valence-electron chi connectivity index (χ3n) is 6.57. The summed E-state index contributed by atoms with van der Waals surface area (Å²) in [5.74, 6) is -0.890. The third-order valence-corrected chi connectivity index (χ3v) is 6.57. The van der Waals surface area contributed by atoms with E-state index in [-0.39, 0.29) is 23.6 Å². The Morgan fingerprint density at radius 2 is 1.79 bits per heavy atom. The molecular formula is C28H41N5O5. The van der Waals surface area contributed by atoms with Crippen LogP contribution in [0.5, 0.6) is 0 Å². The van der Waals surface area contributed by atoms with Gasteiger partial charge in [-0.3, -0.25) is 14.4 Å². The number of carbonyl (C=O) groups excluding carboxylic acids is 4. The molecule has 38 heavy (non-hydrogen) atoms. The van der Waals surface area contributed by atoms with E-state index in [1.54, 1.807) is 32.6 Å². The van der Waals surface area contributed by atoms with E-state index in [1.807, 2.05) is 37.4 Å². The molecule has 0 aliphatic carbocycles. The topological polar surface area (TPSA) is 133 Å². The Morgan fingerprint density at radius 3 is 2.45 bits per heavy atom. The van der Waals surface area contributed by atoms with E-state index in [0.717, 1.165) is 22.9 Å². The first-order valence-electron chi connectivity index (χ1n) is 13.4. The van der Waals surface area contributed by atoms with E-state index in [2.05, 4.69) is 20.9 Å². The Bertz CT molecular complexity index is 1130. The van der Waals surface area contributed by atoms with Crippen LogP contribution in [-0.2, 0) is 25.5 Å². The number of hydrogen-bond acceptors (Lipinski definition) is 5. The lowest BCUT2D eigenvalue weighted by Gasteiger charge is -2.34. The molecule has 4 amide bonds. The molecule has 1 aliphatic rings. The summed E-state index contributed by atoms with van der Waals surface area (Å²) in [6.07, 6.45) is 3.28. The molecule has 1 saturated heterocycles. The van der Waals surface area contributed by atoms with E-state index in [4.69, 9.17) is 4.74 Å². The number of piperidine rings is 1. The summed E-state index contributed by atoms with van der Waals surface area (Å²) in [7, 11) is 0. The zero-order chi connectivity index (χ0) is 27.9. The average Bonchev–Trinajstić information content (AvgIpc) is 3.28. The first-order valence-corrected chi connectivity index (χ1v) is 13.4. The Balaban J connectivity index is 1.64. The number of rotatable bonds is 9. The van der Waals surface area contributed by atoms with Crippen molar-refractivity contribution in [2.24, 2.45) is 5.92 Å². The largest absolute Gasteiger partial charge is 0.444 e. The molecule has 2 aromatic rings. The fourth-order valence-electron chi connectivity index (χ4n) is 4.55. The summed E-state index contributed by atoms with van der Waals surface area (Å²) < 4.78 is 5.43. The predicted octanol–water partition coefficient (Wildman–Crippen LogP) is 2.87. The van der Waals surface area contributed by atoms with E-state index in [1.165, 1.54) is 0 Å². The maximum Gasteiger partial charge on any atom is 0.408 e. The molecule has 3 rings (SSSR count). The van der Waals surface area contributed by atoms with E-state index in [9.17, 15) is 19.2 Å². The van der Waals surface area contributed by atoms with Gasteiger partial charge in [-0.15, -0.1) is 0 Å². The Morgan fingerprint density at radius 1 is 1.11 bits per heavy atom. The van der Waals surface area contributed by atoms with Gasteiger partial charge in [0.05, 0.1) is 0 Å². The van der Waals surface area contributed by atoms with Gasteiger partial charge < -0.3 is 30.6 Å². The zero-order valence-corrected chi connectivity index (χ0v) is 23.1. The summed E-state index contributed by atoms with van der Waals surface area (Å²) in [4.78, 5) is 56.0. The van der Waals surface area contributed by atoms with Gasteiger partial charge >= 0.3 is 6.09 Å². The number of H-pyrrole nitrogens is 1. The van der Waals surface area contributed by atoms with Gasteiger partial charge in [0, 0.05) is 49.1 Å². The summed E-state index contributed by atoms with van der Waals surface area (Å²) in [6, 6.07) is 6.36. The van der Waals surface area contributed by atoms with Crippen molar-refractivity contribution < 1.29 is 23.9 Å². The zero-order valence-electron chi connectivity index (χ0n) is 23.1. The molecule has 1 fully saturated rings. The number of fused-ring (bicyclic) bond motifs is 1. The second kappa shape index (κ2) is 12.8. The van der Waals surface area contributed by atoms with Crippen molar-refractivity contribution in [1.29, 1.82) is 0 Å². The van der Waals surface area contributed by atoms with Crippen molar-refractivity contribution in [3.63, 3.8) is 0 Å². The fourth-order valence-corrected chi connectivity index (χ4v) is 4.55. The molecule has 2 unspecified atom stereocenters. The molecule has 10 nitrogen and oxygen atoms in total. The number of nitrogens with one attached hydrogen (secondary N) is 4. The van der Waals surface area contributed by atoms with Crippen LogP contribution in [0.15, 0.2) is 30.5 Å². The van der Waals surface area contributed by atoms with Crippen LogP contribution in [0.4, 0.5) is 4.79 Å². The SMILES string of the molecule is CCCNC(=O)C(C)NC(=O)C1CCN(C(=O)C(Cc2c[nH]c3ccccc23)NC(=O)OC(C)(C)C)CC1. The molecule has 10 heteroatoms. The lowest BCUT2D eigenvalue weighted by molar-refractivity contribution is -0.138. The van der Waals surface area contributed by atoms with Crippen molar-refractivity contribution in [2.45, 2.75) is 78.0 Å². The number of nitrogens with zero attached hydrogens (tertiary/aromatic N) is 1. The Hall–Kier alpha value is -3.56. The smallest absolute Gasteiger partial charge is 0.408 e. The molecule has 1 aromatic carbocycles. The molecule has 0 radical (unpaired) electrons. The quantitative estimate of drug-likeness (QED) is 0.398. The second-order valence-electron chi connectivity index (χ2n) is 10.9. The predicted molar refractivity (Wildman–Crippen MR) is 145 cm³/mol. The normalized spacial score (nSPS) is 16.0. The van der Waals surface area contributed by atoms with Gasteiger partial charge in [-0.05, 0) is 58.6 Å². The number of carbonyl (C=O) groups is 4. The first-order chi connectivity index (χ1) is 18.0. The van der Waals surface area contributed by atoms with Crippen molar-refractivity contribution in [1.82, 2.24) is 25.8 Å². The Kier molecular flexibility index (Phi) is 9.77. The number of ether oxygens (including phenoxy) is 1. The van der Waals surface area contributed by atoms with Crippen molar-refractivity contribution in [2.75, 3.05) is 19.6 Å². The minimum Gasteiger partial charge on any atom is -0.444 e. The molecule has 2 atom stereocenters. The highest BCUT2D eigenvalue weighted by Gasteiger charge is 2.33. The van der Waals surface area contributed by atoms with E-state index < -0.39 is 23.8 Å². The number of aromatic nitrogens is 1. The maximum absolute atomic E-state index is 13.6. The number of amides is 4.